The van der Waals surface area contributed by atoms with Crippen molar-refractivity contribution in [2.75, 3.05) is 57.5 Å². The van der Waals surface area contributed by atoms with Gasteiger partial charge in [0.2, 0.25) is 0 Å². The molecule has 0 spiro atoms. The van der Waals surface area contributed by atoms with Crippen LogP contribution in [0.25, 0.3) is 0 Å². The number of halogens is 3. The summed E-state index contributed by atoms with van der Waals surface area (Å²) < 4.78 is 47.1. The van der Waals surface area contributed by atoms with Gasteiger partial charge in [0.15, 0.2) is 0 Å². The number of aromatic nitrogens is 3. The zero-order valence-electron chi connectivity index (χ0n) is 21.3. The fourth-order valence-corrected chi connectivity index (χ4v) is 3.94. The average Bonchev–Trinajstić information content (AvgIpc) is 2.92. The van der Waals surface area contributed by atoms with Crippen molar-refractivity contribution in [1.82, 2.24) is 24.8 Å². The van der Waals surface area contributed by atoms with Crippen molar-refractivity contribution >= 4 is 17.4 Å². The van der Waals surface area contributed by atoms with E-state index in [1.807, 2.05) is 4.90 Å². The zero-order valence-corrected chi connectivity index (χ0v) is 21.3. The van der Waals surface area contributed by atoms with Gasteiger partial charge in [0.1, 0.15) is 11.5 Å². The van der Waals surface area contributed by atoms with Crippen molar-refractivity contribution in [2.45, 2.75) is 12.7 Å². The number of pyridine rings is 1. The highest BCUT2D eigenvalue weighted by atomic mass is 19.4. The largest absolute Gasteiger partial charge is 0.416 e. The number of anilines is 2. The van der Waals surface area contributed by atoms with E-state index >= 15 is 0 Å². The van der Waals surface area contributed by atoms with Crippen LogP contribution < -0.4 is 11.1 Å². The van der Waals surface area contributed by atoms with Crippen LogP contribution in [-0.2, 0) is 17.5 Å². The lowest BCUT2D eigenvalue weighted by atomic mass is 10.0. The molecule has 4 rings (SSSR count). The summed E-state index contributed by atoms with van der Waals surface area (Å²) in [6.45, 7) is 4.46. The molecule has 3 N–H and O–H groups in total. The van der Waals surface area contributed by atoms with Crippen molar-refractivity contribution in [2.24, 2.45) is 0 Å². The van der Waals surface area contributed by atoms with Gasteiger partial charge < -0.3 is 20.7 Å². The number of hydrogen-bond donors (Lipinski definition) is 2. The van der Waals surface area contributed by atoms with Crippen LogP contribution in [-0.4, -0.2) is 77.1 Å². The SMILES string of the molecule is CN(CCN1CCOCC1)Cc1ccc(NC(=O)c2cncc(C#Cc3cnc(N)cn3)c2)cc1C(F)(F)F. The minimum atomic E-state index is -4.58. The number of amides is 1. The van der Waals surface area contributed by atoms with E-state index in [0.717, 1.165) is 25.7 Å². The van der Waals surface area contributed by atoms with Gasteiger partial charge in [-0.1, -0.05) is 12.0 Å². The van der Waals surface area contributed by atoms with E-state index in [4.69, 9.17) is 10.5 Å². The number of nitrogens with two attached hydrogens (primary N) is 1. The molecular formula is C27H28F3N7O2. The summed E-state index contributed by atoms with van der Waals surface area (Å²) in [5, 5.41) is 2.53. The van der Waals surface area contributed by atoms with Crippen LogP contribution in [0, 0.1) is 11.8 Å². The molecule has 0 radical (unpaired) electrons. The molecule has 1 aromatic carbocycles. The van der Waals surface area contributed by atoms with Crippen LogP contribution in [0.15, 0.2) is 49.1 Å². The van der Waals surface area contributed by atoms with E-state index in [1.54, 1.807) is 7.05 Å². The number of nitrogens with zero attached hydrogens (tertiary/aromatic N) is 5. The van der Waals surface area contributed by atoms with Gasteiger partial charge in [-0.15, -0.1) is 0 Å². The number of ether oxygens (including phenoxy) is 1. The van der Waals surface area contributed by atoms with Gasteiger partial charge in [-0.25, -0.2) is 9.97 Å². The first-order valence-electron chi connectivity index (χ1n) is 12.2. The number of alkyl halides is 3. The third kappa shape index (κ3) is 8.22. The number of carbonyl (C=O) groups is 1. The number of carbonyl (C=O) groups excluding carboxylic acids is 1. The number of hydrogen-bond acceptors (Lipinski definition) is 8. The Bertz CT molecular complexity index is 1350. The summed E-state index contributed by atoms with van der Waals surface area (Å²) in [5.41, 5.74) is 5.82. The van der Waals surface area contributed by atoms with Gasteiger partial charge in [0.25, 0.3) is 5.91 Å². The van der Waals surface area contributed by atoms with E-state index in [9.17, 15) is 18.0 Å². The standard InChI is InChI=1S/C27H28F3N7O2/c1-36(6-7-37-8-10-39-11-9-37)18-20-3-5-22(13-24(20)27(28,29)30)35-26(38)21-12-19(14-32-15-21)2-4-23-16-34-25(31)17-33-23/h3,5,12-17H,6-11,18H2,1H3,(H2,31,34)(H,35,38). The molecule has 1 saturated heterocycles. The smallest absolute Gasteiger partial charge is 0.382 e. The lowest BCUT2D eigenvalue weighted by Crippen LogP contribution is -2.40. The molecule has 0 aliphatic carbocycles. The van der Waals surface area contributed by atoms with Crippen molar-refractivity contribution in [3.8, 4) is 11.8 Å². The molecule has 0 unspecified atom stereocenters. The first-order chi connectivity index (χ1) is 18.7. The van der Waals surface area contributed by atoms with E-state index in [0.29, 0.717) is 31.0 Å². The molecule has 3 heterocycles. The Morgan fingerprint density at radius 3 is 2.64 bits per heavy atom. The molecule has 12 heteroatoms. The highest BCUT2D eigenvalue weighted by Crippen LogP contribution is 2.34. The zero-order chi connectivity index (χ0) is 27.8. The van der Waals surface area contributed by atoms with Crippen molar-refractivity contribution in [3.63, 3.8) is 0 Å². The van der Waals surface area contributed by atoms with E-state index in [-0.39, 0.29) is 29.2 Å². The summed E-state index contributed by atoms with van der Waals surface area (Å²) >= 11 is 0. The van der Waals surface area contributed by atoms with Gasteiger partial charge >= 0.3 is 6.18 Å². The summed E-state index contributed by atoms with van der Waals surface area (Å²) in [7, 11) is 1.79. The van der Waals surface area contributed by atoms with E-state index in [1.165, 1.54) is 43.0 Å². The van der Waals surface area contributed by atoms with Crippen molar-refractivity contribution in [1.29, 1.82) is 0 Å². The molecular weight excluding hydrogens is 511 g/mol. The third-order valence-corrected chi connectivity index (χ3v) is 6.02. The van der Waals surface area contributed by atoms with E-state index < -0.39 is 17.6 Å². The highest BCUT2D eigenvalue weighted by Gasteiger charge is 2.34. The maximum absolute atomic E-state index is 13.9. The molecule has 3 aromatic rings. The van der Waals surface area contributed by atoms with Gasteiger partial charge in [-0.05, 0) is 36.7 Å². The monoisotopic (exact) mass is 539 g/mol. The van der Waals surface area contributed by atoms with Crippen LogP contribution >= 0.6 is 0 Å². The van der Waals surface area contributed by atoms with Crippen LogP contribution in [0.5, 0.6) is 0 Å². The Kier molecular flexibility index (Phi) is 9.08. The van der Waals surface area contributed by atoms with Crippen LogP contribution in [0.3, 0.4) is 0 Å². The molecule has 0 bridgehead atoms. The molecule has 204 valence electrons. The first kappa shape index (κ1) is 28.0. The molecule has 0 saturated carbocycles. The molecule has 1 aliphatic heterocycles. The quantitative estimate of drug-likeness (QED) is 0.442. The Hall–Kier alpha value is -4.05. The predicted octanol–water partition coefficient (Wildman–Crippen LogP) is 2.89. The fourth-order valence-electron chi connectivity index (χ4n) is 3.94. The van der Waals surface area contributed by atoms with Gasteiger partial charge in [0, 0.05) is 56.4 Å². The Morgan fingerprint density at radius 1 is 1.13 bits per heavy atom. The lowest BCUT2D eigenvalue weighted by molar-refractivity contribution is -0.138. The molecule has 1 amide bonds. The second-order valence-electron chi connectivity index (χ2n) is 9.05. The molecule has 2 aromatic heterocycles. The summed E-state index contributed by atoms with van der Waals surface area (Å²) in [5.74, 6) is 5.27. The summed E-state index contributed by atoms with van der Waals surface area (Å²) in [6, 6.07) is 5.31. The summed E-state index contributed by atoms with van der Waals surface area (Å²) in [6.07, 6.45) is 0.974. The number of rotatable bonds is 7. The predicted molar refractivity (Wildman–Crippen MR) is 140 cm³/mol. The Morgan fingerprint density at radius 2 is 1.92 bits per heavy atom. The van der Waals surface area contributed by atoms with Gasteiger partial charge in [-0.2, -0.15) is 13.2 Å². The number of likely N-dealkylation sites (N-methyl/N-ethyl adjacent to an activating group) is 1. The topological polar surface area (TPSA) is 110 Å². The molecule has 1 fully saturated rings. The van der Waals surface area contributed by atoms with Crippen molar-refractivity contribution in [3.05, 3.63) is 77.0 Å². The molecule has 39 heavy (non-hydrogen) atoms. The normalized spacial score (nSPS) is 14.1. The van der Waals surface area contributed by atoms with E-state index in [2.05, 4.69) is 37.0 Å². The average molecular weight is 540 g/mol. The minimum absolute atomic E-state index is 0.0284. The molecule has 0 atom stereocenters. The maximum Gasteiger partial charge on any atom is 0.416 e. The Labute approximate surface area is 224 Å². The highest BCUT2D eigenvalue weighted by molar-refractivity contribution is 6.04. The summed E-state index contributed by atoms with van der Waals surface area (Å²) in [4.78, 5) is 28.8. The maximum atomic E-state index is 13.9. The minimum Gasteiger partial charge on any atom is -0.382 e. The van der Waals surface area contributed by atoms with Crippen molar-refractivity contribution < 1.29 is 22.7 Å². The number of morpholine rings is 1. The van der Waals surface area contributed by atoms with Gasteiger partial charge in [0.05, 0.1) is 36.7 Å². The fraction of sp³-hybridized carbons (Fsp3) is 0.333. The molecule has 9 nitrogen and oxygen atoms in total. The first-order valence-corrected chi connectivity index (χ1v) is 12.2. The van der Waals surface area contributed by atoms with Gasteiger partial charge in [-0.3, -0.25) is 14.7 Å². The van der Waals surface area contributed by atoms with Crippen LogP contribution in [0.4, 0.5) is 24.7 Å². The number of benzene rings is 1. The molecule has 1 aliphatic rings. The van der Waals surface area contributed by atoms with Crippen LogP contribution in [0.2, 0.25) is 0 Å². The third-order valence-electron chi connectivity index (χ3n) is 6.02. The number of nitrogen functional groups attached to an aromatic ring is 1. The lowest BCUT2D eigenvalue weighted by Gasteiger charge is -2.29. The van der Waals surface area contributed by atoms with Crippen LogP contribution in [0.1, 0.15) is 32.7 Å². The number of nitrogens with one attached hydrogen (secondary N) is 1. The second-order valence-corrected chi connectivity index (χ2v) is 9.05. The Balaban J connectivity index is 1.43. The second kappa shape index (κ2) is 12.7.